The topological polar surface area (TPSA) is 119 Å². The zero-order valence-electron chi connectivity index (χ0n) is 16.2. The van der Waals surface area contributed by atoms with Crippen LogP contribution in [0.3, 0.4) is 0 Å². The third-order valence-electron chi connectivity index (χ3n) is 4.93. The van der Waals surface area contributed by atoms with Gasteiger partial charge in [0.2, 0.25) is 10.0 Å². The number of furan rings is 2. The SMILES string of the molecule is Cc1c(C(=O)Nc2cccc(S(=O)(=O)NCc3ccco3)c2)oc2c1C(=O)CCC2. The number of rotatable bonds is 6. The van der Waals surface area contributed by atoms with Crippen LogP contribution in [0.4, 0.5) is 5.69 Å². The van der Waals surface area contributed by atoms with Crippen LogP contribution in [0.15, 0.2) is 56.4 Å². The van der Waals surface area contributed by atoms with Gasteiger partial charge in [0.25, 0.3) is 5.91 Å². The molecule has 2 aromatic heterocycles. The quantitative estimate of drug-likeness (QED) is 0.621. The minimum absolute atomic E-state index is 0.00232. The molecule has 1 aliphatic carbocycles. The van der Waals surface area contributed by atoms with Gasteiger partial charge in [0, 0.05) is 24.1 Å². The number of aryl methyl sites for hydroxylation is 1. The molecule has 2 N–H and O–H groups in total. The first-order chi connectivity index (χ1) is 14.3. The molecule has 30 heavy (non-hydrogen) atoms. The molecule has 0 aliphatic heterocycles. The molecular weight excluding hydrogens is 408 g/mol. The van der Waals surface area contributed by atoms with Gasteiger partial charge in [-0.3, -0.25) is 9.59 Å². The second kappa shape index (κ2) is 7.92. The van der Waals surface area contributed by atoms with Gasteiger partial charge in [0.15, 0.2) is 11.5 Å². The maximum Gasteiger partial charge on any atom is 0.291 e. The van der Waals surface area contributed by atoms with Crippen molar-refractivity contribution in [1.82, 2.24) is 4.72 Å². The zero-order chi connectivity index (χ0) is 21.3. The molecule has 3 aromatic rings. The molecule has 156 valence electrons. The summed E-state index contributed by atoms with van der Waals surface area (Å²) < 4.78 is 38.3. The second-order valence-electron chi connectivity index (χ2n) is 7.02. The number of amides is 1. The largest absolute Gasteiger partial charge is 0.468 e. The van der Waals surface area contributed by atoms with E-state index in [1.807, 2.05) is 0 Å². The minimum Gasteiger partial charge on any atom is -0.468 e. The number of carbonyl (C=O) groups excluding carboxylic acids is 2. The summed E-state index contributed by atoms with van der Waals surface area (Å²) in [4.78, 5) is 24.8. The Hall–Kier alpha value is -3.17. The number of Topliss-reactive ketones (excluding diaryl/α,β-unsaturated/α-hetero) is 1. The fourth-order valence-corrected chi connectivity index (χ4v) is 4.50. The van der Waals surface area contributed by atoms with E-state index in [1.54, 1.807) is 25.1 Å². The maximum atomic E-state index is 12.7. The van der Waals surface area contributed by atoms with Gasteiger partial charge < -0.3 is 14.2 Å². The van der Waals surface area contributed by atoms with Crippen molar-refractivity contribution in [3.05, 3.63) is 71.1 Å². The zero-order valence-corrected chi connectivity index (χ0v) is 17.0. The normalized spacial score (nSPS) is 13.8. The summed E-state index contributed by atoms with van der Waals surface area (Å²) in [5.41, 5.74) is 1.29. The van der Waals surface area contributed by atoms with Gasteiger partial charge in [0.1, 0.15) is 11.5 Å². The molecule has 1 amide bonds. The number of hydrogen-bond donors (Lipinski definition) is 2. The standard InChI is InChI=1S/C21H20N2O6S/c1-13-19-17(24)8-3-9-18(19)29-20(13)21(25)23-14-5-2-7-16(11-14)30(26,27)22-12-15-6-4-10-28-15/h2,4-7,10-11,22H,3,8-9,12H2,1H3,(H,23,25). The van der Waals surface area contributed by atoms with Crippen molar-refractivity contribution < 1.29 is 26.8 Å². The molecule has 0 radical (unpaired) electrons. The number of benzene rings is 1. The second-order valence-corrected chi connectivity index (χ2v) is 8.78. The minimum atomic E-state index is -3.81. The van der Waals surface area contributed by atoms with Gasteiger partial charge in [-0.1, -0.05) is 6.07 Å². The molecule has 1 aliphatic rings. The Morgan fingerprint density at radius 2 is 2.00 bits per heavy atom. The lowest BCUT2D eigenvalue weighted by Gasteiger charge is -2.08. The van der Waals surface area contributed by atoms with Gasteiger partial charge in [-0.05, 0) is 43.7 Å². The van der Waals surface area contributed by atoms with E-state index in [0.717, 1.165) is 0 Å². The smallest absolute Gasteiger partial charge is 0.291 e. The molecule has 8 nitrogen and oxygen atoms in total. The summed E-state index contributed by atoms with van der Waals surface area (Å²) in [7, 11) is -3.81. The molecule has 0 fully saturated rings. The van der Waals surface area contributed by atoms with Gasteiger partial charge in [-0.25, -0.2) is 13.1 Å². The van der Waals surface area contributed by atoms with E-state index in [9.17, 15) is 18.0 Å². The Labute approximate surface area is 173 Å². The van der Waals surface area contributed by atoms with Crippen molar-refractivity contribution in [2.75, 3.05) is 5.32 Å². The van der Waals surface area contributed by atoms with Crippen LogP contribution in [0.1, 0.15) is 50.8 Å². The first kappa shape index (κ1) is 20.1. The highest BCUT2D eigenvalue weighted by Gasteiger charge is 2.29. The summed E-state index contributed by atoms with van der Waals surface area (Å²) in [6.45, 7) is 1.69. The van der Waals surface area contributed by atoms with Crippen LogP contribution >= 0.6 is 0 Å². The van der Waals surface area contributed by atoms with Crippen molar-refractivity contribution in [3.63, 3.8) is 0 Å². The van der Waals surface area contributed by atoms with E-state index in [4.69, 9.17) is 8.83 Å². The van der Waals surface area contributed by atoms with E-state index in [0.29, 0.717) is 47.6 Å². The number of anilines is 1. The van der Waals surface area contributed by atoms with E-state index < -0.39 is 15.9 Å². The molecular formula is C21H20N2O6S. The Balaban J connectivity index is 1.52. The average molecular weight is 428 g/mol. The Morgan fingerprint density at radius 1 is 1.17 bits per heavy atom. The number of carbonyl (C=O) groups is 2. The average Bonchev–Trinajstić information content (AvgIpc) is 3.35. The van der Waals surface area contributed by atoms with Gasteiger partial charge in [0.05, 0.1) is 23.3 Å². The summed E-state index contributed by atoms with van der Waals surface area (Å²) in [5, 5.41) is 2.65. The molecule has 0 unspecified atom stereocenters. The summed E-state index contributed by atoms with van der Waals surface area (Å²) >= 11 is 0. The lowest BCUT2D eigenvalue weighted by molar-refractivity contribution is 0.0963. The van der Waals surface area contributed by atoms with Crippen LogP contribution in [0.25, 0.3) is 0 Å². The predicted octanol–water partition coefficient (Wildman–Crippen LogP) is 3.43. The van der Waals surface area contributed by atoms with E-state index >= 15 is 0 Å². The number of sulfonamides is 1. The van der Waals surface area contributed by atoms with Crippen molar-refractivity contribution in [2.45, 2.75) is 37.6 Å². The Kier molecular flexibility index (Phi) is 5.31. The Morgan fingerprint density at radius 3 is 2.73 bits per heavy atom. The molecule has 0 spiro atoms. The van der Waals surface area contributed by atoms with Crippen LogP contribution in [-0.2, 0) is 23.0 Å². The van der Waals surface area contributed by atoms with Crippen molar-refractivity contribution in [3.8, 4) is 0 Å². The summed E-state index contributed by atoms with van der Waals surface area (Å²) in [5.74, 6) is 0.529. The van der Waals surface area contributed by atoms with Crippen LogP contribution in [0, 0.1) is 6.92 Å². The lowest BCUT2D eigenvalue weighted by Crippen LogP contribution is -2.23. The highest BCUT2D eigenvalue weighted by molar-refractivity contribution is 7.89. The van der Waals surface area contributed by atoms with E-state index in [2.05, 4.69) is 10.0 Å². The van der Waals surface area contributed by atoms with E-state index in [-0.39, 0.29) is 23.0 Å². The van der Waals surface area contributed by atoms with Crippen LogP contribution in [0.2, 0.25) is 0 Å². The van der Waals surface area contributed by atoms with Gasteiger partial charge in [-0.15, -0.1) is 0 Å². The molecule has 1 aromatic carbocycles. The van der Waals surface area contributed by atoms with Gasteiger partial charge in [-0.2, -0.15) is 0 Å². The monoisotopic (exact) mass is 428 g/mol. The highest BCUT2D eigenvalue weighted by Crippen LogP contribution is 2.30. The lowest BCUT2D eigenvalue weighted by atomic mass is 9.94. The predicted molar refractivity (Wildman–Crippen MR) is 108 cm³/mol. The number of hydrogen-bond acceptors (Lipinski definition) is 6. The van der Waals surface area contributed by atoms with Crippen molar-refractivity contribution >= 4 is 27.4 Å². The van der Waals surface area contributed by atoms with Crippen molar-refractivity contribution in [2.24, 2.45) is 0 Å². The molecule has 0 bridgehead atoms. The third-order valence-corrected chi connectivity index (χ3v) is 6.33. The van der Waals surface area contributed by atoms with Crippen molar-refractivity contribution in [1.29, 1.82) is 0 Å². The number of fused-ring (bicyclic) bond motifs is 1. The van der Waals surface area contributed by atoms with Crippen LogP contribution < -0.4 is 10.0 Å². The number of ketones is 1. The molecule has 9 heteroatoms. The summed E-state index contributed by atoms with van der Waals surface area (Å²) in [6, 6.07) is 9.21. The molecule has 0 saturated carbocycles. The molecule has 2 heterocycles. The Bertz CT molecular complexity index is 1210. The molecule has 0 saturated heterocycles. The third kappa shape index (κ3) is 3.94. The van der Waals surface area contributed by atoms with Gasteiger partial charge >= 0.3 is 0 Å². The maximum absolute atomic E-state index is 12.7. The molecule has 0 atom stereocenters. The highest BCUT2D eigenvalue weighted by atomic mass is 32.2. The number of nitrogens with one attached hydrogen (secondary N) is 2. The van der Waals surface area contributed by atoms with Crippen LogP contribution in [-0.4, -0.2) is 20.1 Å². The van der Waals surface area contributed by atoms with Crippen LogP contribution in [0.5, 0.6) is 0 Å². The summed E-state index contributed by atoms with van der Waals surface area (Å²) in [6.07, 6.45) is 3.22. The fourth-order valence-electron chi connectivity index (χ4n) is 3.46. The van der Waals surface area contributed by atoms with E-state index in [1.165, 1.54) is 24.5 Å². The fraction of sp³-hybridized carbons (Fsp3) is 0.238. The molecule has 4 rings (SSSR count). The first-order valence-electron chi connectivity index (χ1n) is 9.44. The first-order valence-corrected chi connectivity index (χ1v) is 10.9.